The van der Waals surface area contributed by atoms with E-state index < -0.39 is 0 Å². The maximum Gasteiger partial charge on any atom is 0.00967 e. The molecule has 0 saturated heterocycles. The summed E-state index contributed by atoms with van der Waals surface area (Å²) in [6.07, 6.45) is 5.47. The first-order chi connectivity index (χ1) is 7.49. The lowest BCUT2D eigenvalue weighted by Gasteiger charge is -2.44. The molecule has 16 heavy (non-hydrogen) atoms. The van der Waals surface area contributed by atoms with Crippen LogP contribution in [-0.2, 0) is 6.42 Å². The van der Waals surface area contributed by atoms with Gasteiger partial charge in [0.05, 0.1) is 0 Å². The van der Waals surface area contributed by atoms with E-state index in [0.717, 1.165) is 0 Å². The molecule has 0 radical (unpaired) electrons. The summed E-state index contributed by atoms with van der Waals surface area (Å²) in [5.74, 6) is 0. The standard InChI is InChI=1S/C14H23NS/c1-13(2,3)15-11-14(6-4-7-14)9-12-5-8-16-10-12/h5,8,10,15H,4,6-7,9,11H2,1-3H3. The lowest BCUT2D eigenvalue weighted by molar-refractivity contribution is 0.118. The Hall–Kier alpha value is -0.340. The van der Waals surface area contributed by atoms with Gasteiger partial charge in [-0.25, -0.2) is 0 Å². The van der Waals surface area contributed by atoms with Gasteiger partial charge in [0.15, 0.2) is 0 Å². The zero-order valence-electron chi connectivity index (χ0n) is 10.7. The van der Waals surface area contributed by atoms with Crippen molar-refractivity contribution in [2.24, 2.45) is 5.41 Å². The van der Waals surface area contributed by atoms with Gasteiger partial charge >= 0.3 is 0 Å². The van der Waals surface area contributed by atoms with E-state index in [2.05, 4.69) is 42.9 Å². The normalized spacial score (nSPS) is 19.4. The Morgan fingerprint density at radius 1 is 1.38 bits per heavy atom. The fraction of sp³-hybridized carbons (Fsp3) is 0.714. The van der Waals surface area contributed by atoms with Gasteiger partial charge in [-0.15, -0.1) is 0 Å². The average Bonchev–Trinajstić information content (AvgIpc) is 2.60. The summed E-state index contributed by atoms with van der Waals surface area (Å²) >= 11 is 1.82. The van der Waals surface area contributed by atoms with Gasteiger partial charge in [-0.1, -0.05) is 6.42 Å². The van der Waals surface area contributed by atoms with Crippen molar-refractivity contribution in [3.63, 3.8) is 0 Å². The molecule has 0 unspecified atom stereocenters. The average molecular weight is 237 g/mol. The smallest absolute Gasteiger partial charge is 0.00967 e. The number of hydrogen-bond acceptors (Lipinski definition) is 2. The van der Waals surface area contributed by atoms with Gasteiger partial charge in [0.2, 0.25) is 0 Å². The van der Waals surface area contributed by atoms with Crippen LogP contribution in [0, 0.1) is 5.41 Å². The Labute approximate surface area is 103 Å². The van der Waals surface area contributed by atoms with E-state index in [1.165, 1.54) is 37.8 Å². The van der Waals surface area contributed by atoms with Crippen LogP contribution in [0.5, 0.6) is 0 Å². The van der Waals surface area contributed by atoms with Crippen molar-refractivity contribution in [2.45, 2.75) is 52.0 Å². The molecule has 90 valence electrons. The van der Waals surface area contributed by atoms with E-state index in [1.54, 1.807) is 0 Å². The predicted octanol–water partition coefficient (Wildman–Crippen LogP) is 3.85. The lowest BCUT2D eigenvalue weighted by Crippen LogP contribution is -2.47. The summed E-state index contributed by atoms with van der Waals surface area (Å²) in [6.45, 7) is 7.93. The molecule has 1 aromatic rings. The molecule has 0 aromatic carbocycles. The van der Waals surface area contributed by atoms with Crippen molar-refractivity contribution >= 4 is 11.3 Å². The molecule has 0 spiro atoms. The van der Waals surface area contributed by atoms with Gasteiger partial charge in [0, 0.05) is 12.1 Å². The van der Waals surface area contributed by atoms with Crippen molar-refractivity contribution in [2.75, 3.05) is 6.54 Å². The maximum atomic E-state index is 3.68. The zero-order chi connectivity index (χ0) is 11.6. The summed E-state index contributed by atoms with van der Waals surface area (Å²) in [6, 6.07) is 2.28. The van der Waals surface area contributed by atoms with Crippen molar-refractivity contribution in [1.29, 1.82) is 0 Å². The number of nitrogens with one attached hydrogen (secondary N) is 1. The molecule has 1 fully saturated rings. The van der Waals surface area contributed by atoms with E-state index >= 15 is 0 Å². The molecule has 1 nitrogen and oxygen atoms in total. The monoisotopic (exact) mass is 237 g/mol. The van der Waals surface area contributed by atoms with Gasteiger partial charge in [-0.3, -0.25) is 0 Å². The van der Waals surface area contributed by atoms with Crippen LogP contribution in [0.15, 0.2) is 16.8 Å². The number of rotatable bonds is 4. The molecular formula is C14H23NS. The quantitative estimate of drug-likeness (QED) is 0.839. The molecule has 2 heteroatoms. The van der Waals surface area contributed by atoms with Crippen LogP contribution in [0.3, 0.4) is 0 Å². The first kappa shape index (κ1) is 12.1. The fourth-order valence-corrected chi connectivity index (χ4v) is 3.04. The van der Waals surface area contributed by atoms with Crippen LogP contribution in [0.4, 0.5) is 0 Å². The highest BCUT2D eigenvalue weighted by molar-refractivity contribution is 7.07. The van der Waals surface area contributed by atoms with Crippen LogP contribution >= 0.6 is 11.3 Å². The van der Waals surface area contributed by atoms with Crippen LogP contribution < -0.4 is 5.32 Å². The van der Waals surface area contributed by atoms with Crippen molar-refractivity contribution in [3.8, 4) is 0 Å². The molecule has 1 heterocycles. The molecule has 0 amide bonds. The van der Waals surface area contributed by atoms with Gasteiger partial charge in [0.1, 0.15) is 0 Å². The van der Waals surface area contributed by atoms with Gasteiger partial charge < -0.3 is 5.32 Å². The van der Waals surface area contributed by atoms with Crippen molar-refractivity contribution < 1.29 is 0 Å². The molecular weight excluding hydrogens is 214 g/mol. The Bertz CT molecular complexity index is 317. The topological polar surface area (TPSA) is 12.0 Å². The molecule has 1 aliphatic carbocycles. The summed E-state index contributed by atoms with van der Waals surface area (Å²) < 4.78 is 0. The van der Waals surface area contributed by atoms with E-state index in [0.29, 0.717) is 5.41 Å². The Balaban J connectivity index is 1.92. The number of thiophene rings is 1. The first-order valence-corrected chi connectivity index (χ1v) is 7.20. The minimum absolute atomic E-state index is 0.247. The van der Waals surface area contributed by atoms with Crippen LogP contribution in [0.1, 0.15) is 45.6 Å². The van der Waals surface area contributed by atoms with Crippen LogP contribution in [0.2, 0.25) is 0 Å². The summed E-state index contributed by atoms with van der Waals surface area (Å²) in [4.78, 5) is 0. The molecule has 1 N–H and O–H groups in total. The highest BCUT2D eigenvalue weighted by Crippen LogP contribution is 2.43. The van der Waals surface area contributed by atoms with Crippen molar-refractivity contribution in [1.82, 2.24) is 5.32 Å². The Kier molecular flexibility index (Phi) is 3.41. The maximum absolute atomic E-state index is 3.68. The van der Waals surface area contributed by atoms with Gasteiger partial charge in [-0.2, -0.15) is 11.3 Å². The Morgan fingerprint density at radius 3 is 2.56 bits per heavy atom. The highest BCUT2D eigenvalue weighted by atomic mass is 32.1. The van der Waals surface area contributed by atoms with E-state index in [-0.39, 0.29) is 5.54 Å². The second kappa shape index (κ2) is 4.50. The zero-order valence-corrected chi connectivity index (χ0v) is 11.5. The summed E-state index contributed by atoms with van der Waals surface area (Å²) in [5.41, 5.74) is 2.33. The lowest BCUT2D eigenvalue weighted by atomic mass is 9.65. The predicted molar refractivity (Wildman–Crippen MR) is 72.1 cm³/mol. The Morgan fingerprint density at radius 2 is 2.12 bits per heavy atom. The van der Waals surface area contributed by atoms with Crippen LogP contribution in [0.25, 0.3) is 0 Å². The summed E-state index contributed by atoms with van der Waals surface area (Å²) in [7, 11) is 0. The second-order valence-corrected chi connectivity index (χ2v) is 7.05. The molecule has 2 rings (SSSR count). The fourth-order valence-electron chi connectivity index (χ4n) is 2.37. The van der Waals surface area contributed by atoms with Gasteiger partial charge in [-0.05, 0) is 67.8 Å². The first-order valence-electron chi connectivity index (χ1n) is 6.25. The molecule has 0 atom stereocenters. The minimum Gasteiger partial charge on any atom is -0.312 e. The summed E-state index contributed by atoms with van der Waals surface area (Å²) in [5, 5.41) is 8.18. The third-order valence-electron chi connectivity index (χ3n) is 3.57. The second-order valence-electron chi connectivity index (χ2n) is 6.27. The molecule has 1 aliphatic rings. The SMILES string of the molecule is CC(C)(C)NCC1(Cc2ccsc2)CCC1. The largest absolute Gasteiger partial charge is 0.312 e. The highest BCUT2D eigenvalue weighted by Gasteiger charge is 2.37. The molecule has 1 saturated carbocycles. The van der Waals surface area contributed by atoms with E-state index in [4.69, 9.17) is 0 Å². The molecule has 1 aromatic heterocycles. The van der Waals surface area contributed by atoms with Crippen LogP contribution in [-0.4, -0.2) is 12.1 Å². The molecule has 0 bridgehead atoms. The van der Waals surface area contributed by atoms with E-state index in [9.17, 15) is 0 Å². The van der Waals surface area contributed by atoms with Gasteiger partial charge in [0.25, 0.3) is 0 Å². The number of hydrogen-bond donors (Lipinski definition) is 1. The third-order valence-corrected chi connectivity index (χ3v) is 4.30. The van der Waals surface area contributed by atoms with Crippen molar-refractivity contribution in [3.05, 3.63) is 22.4 Å². The molecule has 0 aliphatic heterocycles. The third kappa shape index (κ3) is 3.08. The minimum atomic E-state index is 0.247. The van der Waals surface area contributed by atoms with E-state index in [1.807, 2.05) is 11.3 Å².